The maximum Gasteiger partial charge on any atom is 0.236 e. The van der Waals surface area contributed by atoms with Gasteiger partial charge in [-0.15, -0.1) is 0 Å². The summed E-state index contributed by atoms with van der Waals surface area (Å²) in [6.45, 7) is 4.42. The molecule has 170 valence electrons. The monoisotopic (exact) mass is 464 g/mol. The van der Waals surface area contributed by atoms with Crippen molar-refractivity contribution in [1.82, 2.24) is 4.98 Å². The lowest BCUT2D eigenvalue weighted by Crippen LogP contribution is -2.36. The van der Waals surface area contributed by atoms with Gasteiger partial charge >= 0.3 is 0 Å². The normalized spacial score (nSPS) is 14.5. The van der Waals surface area contributed by atoms with Crippen LogP contribution in [0.15, 0.2) is 81.1 Å². The van der Waals surface area contributed by atoms with Gasteiger partial charge in [0, 0.05) is 18.7 Å². The largest absolute Gasteiger partial charge is 0.494 e. The molecule has 1 fully saturated rings. The molecule has 1 aromatic heterocycles. The fraction of sp³-hybridized carbons (Fsp3) is 0.240. The number of benzene rings is 3. The second-order valence-corrected chi connectivity index (χ2v) is 9.53. The van der Waals surface area contributed by atoms with Crippen LogP contribution in [-0.4, -0.2) is 46.3 Å². The summed E-state index contributed by atoms with van der Waals surface area (Å²) in [6.07, 6.45) is 0. The Morgan fingerprint density at radius 1 is 0.970 bits per heavy atom. The molecular formula is C25H24N2O5S. The number of aromatic nitrogens is 1. The summed E-state index contributed by atoms with van der Waals surface area (Å²) in [7, 11) is -3.93. The van der Waals surface area contributed by atoms with E-state index in [0.717, 1.165) is 16.3 Å². The first-order valence-electron chi connectivity index (χ1n) is 10.9. The lowest BCUT2D eigenvalue weighted by molar-refractivity contribution is 0.120. The molecule has 1 aliphatic rings. The van der Waals surface area contributed by atoms with Gasteiger partial charge in [0.05, 0.1) is 24.7 Å². The van der Waals surface area contributed by atoms with Gasteiger partial charge in [-0.25, -0.2) is 8.42 Å². The molecule has 0 amide bonds. The van der Waals surface area contributed by atoms with Crippen LogP contribution in [0.25, 0.3) is 22.2 Å². The van der Waals surface area contributed by atoms with Crippen molar-refractivity contribution in [2.45, 2.75) is 16.8 Å². The van der Waals surface area contributed by atoms with Crippen LogP contribution in [0, 0.1) is 0 Å². The minimum Gasteiger partial charge on any atom is -0.494 e. The molecule has 8 heteroatoms. The molecule has 0 radical (unpaired) electrons. The Balaban J connectivity index is 1.65. The Labute approximate surface area is 192 Å². The van der Waals surface area contributed by atoms with Gasteiger partial charge in [0.25, 0.3) is 0 Å². The molecule has 33 heavy (non-hydrogen) atoms. The van der Waals surface area contributed by atoms with Gasteiger partial charge in [0.2, 0.25) is 26.6 Å². The van der Waals surface area contributed by atoms with Gasteiger partial charge in [-0.3, -0.25) is 0 Å². The van der Waals surface area contributed by atoms with Crippen LogP contribution in [0.4, 0.5) is 5.88 Å². The number of oxazole rings is 1. The number of nitrogens with zero attached hydrogens (tertiary/aromatic N) is 2. The third kappa shape index (κ3) is 4.07. The van der Waals surface area contributed by atoms with Crippen molar-refractivity contribution in [2.24, 2.45) is 0 Å². The maximum absolute atomic E-state index is 13.7. The topological polar surface area (TPSA) is 81.9 Å². The molecule has 1 saturated heterocycles. The third-order valence-corrected chi connectivity index (χ3v) is 7.27. The lowest BCUT2D eigenvalue weighted by Gasteiger charge is -2.26. The van der Waals surface area contributed by atoms with Crippen LogP contribution < -0.4 is 9.64 Å². The van der Waals surface area contributed by atoms with E-state index in [1.807, 2.05) is 54.3 Å². The molecule has 0 bridgehead atoms. The summed E-state index contributed by atoms with van der Waals surface area (Å²) in [5, 5.41) is 1.88. The van der Waals surface area contributed by atoms with Crippen molar-refractivity contribution in [3.05, 3.63) is 66.7 Å². The number of anilines is 1. The van der Waals surface area contributed by atoms with Crippen LogP contribution in [0.5, 0.6) is 5.75 Å². The molecule has 4 aromatic rings. The second kappa shape index (κ2) is 8.88. The van der Waals surface area contributed by atoms with Gasteiger partial charge in [-0.2, -0.15) is 4.98 Å². The van der Waals surface area contributed by atoms with E-state index in [2.05, 4.69) is 4.98 Å². The Morgan fingerprint density at radius 3 is 2.45 bits per heavy atom. The molecule has 5 rings (SSSR count). The van der Waals surface area contributed by atoms with E-state index in [1.54, 1.807) is 12.1 Å². The number of hydrogen-bond acceptors (Lipinski definition) is 7. The Morgan fingerprint density at radius 2 is 1.70 bits per heavy atom. The van der Waals surface area contributed by atoms with Gasteiger partial charge in [0.1, 0.15) is 5.75 Å². The van der Waals surface area contributed by atoms with Crippen molar-refractivity contribution in [3.8, 4) is 17.2 Å². The van der Waals surface area contributed by atoms with Crippen molar-refractivity contribution >= 4 is 26.5 Å². The van der Waals surface area contributed by atoms with Crippen LogP contribution in [0.1, 0.15) is 6.92 Å². The molecule has 0 unspecified atom stereocenters. The highest BCUT2D eigenvalue weighted by atomic mass is 32.2. The fourth-order valence-electron chi connectivity index (χ4n) is 3.96. The molecule has 0 N–H and O–H groups in total. The van der Waals surface area contributed by atoms with Gasteiger partial charge in [-0.05, 0) is 48.0 Å². The molecule has 2 heterocycles. The summed E-state index contributed by atoms with van der Waals surface area (Å²) in [6, 6.07) is 20.1. The summed E-state index contributed by atoms with van der Waals surface area (Å²) in [5.74, 6) is 1.13. The average molecular weight is 465 g/mol. The quantitative estimate of drug-likeness (QED) is 0.414. The summed E-state index contributed by atoms with van der Waals surface area (Å²) >= 11 is 0. The molecule has 0 atom stereocenters. The Kier molecular flexibility index (Phi) is 5.78. The zero-order valence-electron chi connectivity index (χ0n) is 18.2. The number of rotatable bonds is 6. The number of ether oxygens (including phenoxy) is 2. The van der Waals surface area contributed by atoms with Crippen LogP contribution in [-0.2, 0) is 14.6 Å². The van der Waals surface area contributed by atoms with E-state index in [9.17, 15) is 8.42 Å². The zero-order valence-corrected chi connectivity index (χ0v) is 19.0. The van der Waals surface area contributed by atoms with E-state index in [1.165, 1.54) is 12.1 Å². The highest BCUT2D eigenvalue weighted by molar-refractivity contribution is 7.91. The molecule has 1 aliphatic heterocycles. The third-order valence-electron chi connectivity index (χ3n) is 5.60. The van der Waals surface area contributed by atoms with Crippen LogP contribution in [0.2, 0.25) is 0 Å². The van der Waals surface area contributed by atoms with E-state index in [0.29, 0.717) is 38.7 Å². The minimum atomic E-state index is -3.93. The Bertz CT molecular complexity index is 1370. The first-order chi connectivity index (χ1) is 16.1. The van der Waals surface area contributed by atoms with Gasteiger partial charge in [0.15, 0.2) is 0 Å². The van der Waals surface area contributed by atoms with Gasteiger partial charge < -0.3 is 18.8 Å². The lowest BCUT2D eigenvalue weighted by atomic mass is 10.0. The van der Waals surface area contributed by atoms with Crippen LogP contribution in [0.3, 0.4) is 0 Å². The van der Waals surface area contributed by atoms with Crippen molar-refractivity contribution in [1.29, 1.82) is 0 Å². The minimum absolute atomic E-state index is 0.0866. The molecule has 0 saturated carbocycles. The number of hydrogen-bond donors (Lipinski definition) is 0. The van der Waals surface area contributed by atoms with Crippen LogP contribution >= 0.6 is 0 Å². The number of morpholine rings is 1. The predicted octanol–water partition coefficient (Wildman–Crippen LogP) is 4.56. The first kappa shape index (κ1) is 21.5. The SMILES string of the molecule is CCOc1ccc(S(=O)(=O)c2nc(-c3cccc4ccccc34)oc2N2CCOCC2)cc1. The average Bonchev–Trinajstić information content (AvgIpc) is 3.31. The molecule has 3 aromatic carbocycles. The van der Waals surface area contributed by atoms with E-state index < -0.39 is 9.84 Å². The zero-order chi connectivity index (χ0) is 22.8. The smallest absolute Gasteiger partial charge is 0.236 e. The summed E-state index contributed by atoms with van der Waals surface area (Å²) in [5.41, 5.74) is 0.746. The second-order valence-electron chi connectivity index (χ2n) is 7.66. The van der Waals surface area contributed by atoms with Gasteiger partial charge in [-0.1, -0.05) is 36.4 Å². The number of sulfone groups is 1. The standard InChI is InChI=1S/C25H24N2O5S/c1-2-31-19-10-12-20(13-11-19)33(28,29)24-25(27-14-16-30-17-15-27)32-23(26-24)22-9-5-7-18-6-3-4-8-21(18)22/h3-13H,2,14-17H2,1H3. The highest BCUT2D eigenvalue weighted by Crippen LogP contribution is 2.37. The maximum atomic E-state index is 13.7. The number of fused-ring (bicyclic) bond motifs is 1. The summed E-state index contributed by atoms with van der Waals surface area (Å²) in [4.78, 5) is 6.56. The first-order valence-corrected chi connectivity index (χ1v) is 12.4. The predicted molar refractivity (Wildman–Crippen MR) is 126 cm³/mol. The molecule has 7 nitrogen and oxygen atoms in total. The highest BCUT2D eigenvalue weighted by Gasteiger charge is 2.32. The summed E-state index contributed by atoms with van der Waals surface area (Å²) < 4.78 is 44.4. The molecule has 0 spiro atoms. The van der Waals surface area contributed by atoms with Crippen molar-refractivity contribution < 1.29 is 22.3 Å². The molecular weight excluding hydrogens is 440 g/mol. The van der Waals surface area contributed by atoms with E-state index in [-0.39, 0.29) is 21.7 Å². The van der Waals surface area contributed by atoms with Crippen molar-refractivity contribution in [2.75, 3.05) is 37.8 Å². The van der Waals surface area contributed by atoms with E-state index in [4.69, 9.17) is 13.9 Å². The Hall–Kier alpha value is -3.36. The molecule has 0 aliphatic carbocycles. The van der Waals surface area contributed by atoms with Crippen molar-refractivity contribution in [3.63, 3.8) is 0 Å². The van der Waals surface area contributed by atoms with E-state index >= 15 is 0 Å². The fourth-order valence-corrected chi connectivity index (χ4v) is 5.28.